The van der Waals surface area contributed by atoms with Crippen LogP contribution in [0, 0.1) is 0 Å². The molecular formula is C17H10ClF3N4O2S. The Hall–Kier alpha value is -2.85. The summed E-state index contributed by atoms with van der Waals surface area (Å²) in [7, 11) is 0. The summed E-state index contributed by atoms with van der Waals surface area (Å²) in [6.07, 6.45) is 0.928. The second kappa shape index (κ2) is 6.95. The normalized spacial score (nSPS) is 11.9. The number of imidazole rings is 1. The molecule has 4 rings (SSSR count). The van der Waals surface area contributed by atoms with Crippen LogP contribution in [0.2, 0.25) is 5.15 Å². The number of alkyl halides is 3. The summed E-state index contributed by atoms with van der Waals surface area (Å²) in [5.74, 6) is -0.693. The molecule has 0 aliphatic rings. The number of amides is 1. The number of pyridine rings is 1. The van der Waals surface area contributed by atoms with Crippen molar-refractivity contribution in [3.05, 3.63) is 63.9 Å². The van der Waals surface area contributed by atoms with Crippen LogP contribution in [0.1, 0.15) is 21.1 Å². The lowest BCUT2D eigenvalue weighted by Crippen LogP contribution is -2.23. The van der Waals surface area contributed by atoms with Crippen molar-refractivity contribution in [3.63, 3.8) is 0 Å². The minimum atomic E-state index is -4.69. The maximum Gasteiger partial charge on any atom is 0.420 e. The lowest BCUT2D eigenvalue weighted by atomic mass is 10.1. The van der Waals surface area contributed by atoms with E-state index >= 15 is 0 Å². The van der Waals surface area contributed by atoms with Gasteiger partial charge in [0, 0.05) is 28.9 Å². The minimum absolute atomic E-state index is 0.118. The monoisotopic (exact) mass is 426 g/mol. The summed E-state index contributed by atoms with van der Waals surface area (Å²) in [4.78, 5) is 20.3. The summed E-state index contributed by atoms with van der Waals surface area (Å²) in [6, 6.07) is 2.47. The molecule has 144 valence electrons. The number of fused-ring (bicyclic) bond motifs is 1. The van der Waals surface area contributed by atoms with E-state index in [1.807, 2.05) is 0 Å². The van der Waals surface area contributed by atoms with Gasteiger partial charge in [-0.25, -0.2) is 9.97 Å². The number of aromatic nitrogens is 3. The molecule has 0 saturated carbocycles. The summed E-state index contributed by atoms with van der Waals surface area (Å²) in [5.41, 5.74) is -1.10. The maximum atomic E-state index is 13.6. The fourth-order valence-corrected chi connectivity index (χ4v) is 3.45. The van der Waals surface area contributed by atoms with Crippen LogP contribution in [-0.2, 0) is 12.7 Å². The summed E-state index contributed by atoms with van der Waals surface area (Å²) < 4.78 is 46.8. The molecule has 0 atom stereocenters. The van der Waals surface area contributed by atoms with Crippen molar-refractivity contribution >= 4 is 34.5 Å². The number of furan rings is 1. The number of rotatable bonds is 4. The Morgan fingerprint density at radius 2 is 2.18 bits per heavy atom. The molecule has 28 heavy (non-hydrogen) atoms. The third-order valence-electron chi connectivity index (χ3n) is 3.92. The van der Waals surface area contributed by atoms with Crippen LogP contribution in [-0.4, -0.2) is 20.3 Å². The van der Waals surface area contributed by atoms with Gasteiger partial charge in [-0.3, -0.25) is 9.20 Å². The van der Waals surface area contributed by atoms with Crippen molar-refractivity contribution in [1.82, 2.24) is 19.7 Å². The average molecular weight is 427 g/mol. The van der Waals surface area contributed by atoms with Gasteiger partial charge in [0.05, 0.1) is 24.6 Å². The Labute approximate surface area is 164 Å². The first-order chi connectivity index (χ1) is 13.3. The maximum absolute atomic E-state index is 13.6. The molecule has 0 radical (unpaired) electrons. The molecule has 1 amide bonds. The molecule has 4 aromatic heterocycles. The van der Waals surface area contributed by atoms with Crippen LogP contribution in [0.15, 0.2) is 46.8 Å². The summed E-state index contributed by atoms with van der Waals surface area (Å²) >= 11 is 7.54. The molecule has 0 bridgehead atoms. The van der Waals surface area contributed by atoms with Gasteiger partial charge in [0.25, 0.3) is 5.91 Å². The van der Waals surface area contributed by atoms with Crippen molar-refractivity contribution in [3.8, 4) is 11.1 Å². The van der Waals surface area contributed by atoms with E-state index in [0.29, 0.717) is 10.6 Å². The highest BCUT2D eigenvalue weighted by Crippen LogP contribution is 2.37. The predicted molar refractivity (Wildman–Crippen MR) is 96.2 cm³/mol. The van der Waals surface area contributed by atoms with E-state index in [9.17, 15) is 18.0 Å². The standard InChI is InChI=1S/C17H10ClF3N4O2S/c18-14-13(16(26)23-6-12-22-2-4-28-12)24-15-11(17(19,20)21)5-10(7-25(14)15)9-1-3-27-8-9/h1-5,7-8H,6H2,(H,23,26). The number of halogens is 4. The highest BCUT2D eigenvalue weighted by molar-refractivity contribution is 7.09. The van der Waals surface area contributed by atoms with Gasteiger partial charge in [-0.1, -0.05) is 11.6 Å². The number of nitrogens with one attached hydrogen (secondary N) is 1. The van der Waals surface area contributed by atoms with E-state index in [0.717, 1.165) is 10.5 Å². The SMILES string of the molecule is O=C(NCc1nccs1)c1nc2c(C(F)(F)F)cc(-c3ccoc3)cn2c1Cl. The smallest absolute Gasteiger partial charge is 0.420 e. The third kappa shape index (κ3) is 3.36. The van der Waals surface area contributed by atoms with Gasteiger partial charge in [0.1, 0.15) is 10.2 Å². The number of nitrogens with zero attached hydrogens (tertiary/aromatic N) is 3. The number of hydrogen-bond donors (Lipinski definition) is 1. The quantitative estimate of drug-likeness (QED) is 0.515. The van der Waals surface area contributed by atoms with Crippen LogP contribution in [0.25, 0.3) is 16.8 Å². The van der Waals surface area contributed by atoms with Crippen LogP contribution in [0.4, 0.5) is 13.2 Å². The van der Waals surface area contributed by atoms with Gasteiger partial charge < -0.3 is 9.73 Å². The second-order valence-electron chi connectivity index (χ2n) is 5.71. The second-order valence-corrected chi connectivity index (χ2v) is 7.04. The molecule has 0 saturated heterocycles. The molecule has 0 aliphatic carbocycles. The van der Waals surface area contributed by atoms with Gasteiger partial charge in [-0.15, -0.1) is 11.3 Å². The van der Waals surface area contributed by atoms with Gasteiger partial charge in [-0.05, 0) is 12.1 Å². The molecule has 0 fully saturated rings. The van der Waals surface area contributed by atoms with E-state index in [4.69, 9.17) is 16.0 Å². The first kappa shape index (κ1) is 18.5. The van der Waals surface area contributed by atoms with Crippen molar-refractivity contribution in [1.29, 1.82) is 0 Å². The minimum Gasteiger partial charge on any atom is -0.472 e. The molecule has 0 spiro atoms. The molecule has 11 heteroatoms. The zero-order chi connectivity index (χ0) is 19.9. The predicted octanol–water partition coefficient (Wildman–Crippen LogP) is 4.65. The molecule has 4 aromatic rings. The lowest BCUT2D eigenvalue weighted by molar-refractivity contribution is -0.136. The number of carbonyl (C=O) groups excluding carboxylic acids is 1. The zero-order valence-corrected chi connectivity index (χ0v) is 15.4. The Balaban J connectivity index is 1.79. The Morgan fingerprint density at radius 3 is 2.82 bits per heavy atom. The molecular weight excluding hydrogens is 417 g/mol. The van der Waals surface area contributed by atoms with Crippen LogP contribution >= 0.6 is 22.9 Å². The fourth-order valence-electron chi connectivity index (χ4n) is 2.64. The number of thiazole rings is 1. The molecule has 6 nitrogen and oxygen atoms in total. The molecule has 0 aromatic carbocycles. The van der Waals surface area contributed by atoms with Crippen molar-refractivity contribution < 1.29 is 22.4 Å². The van der Waals surface area contributed by atoms with Crippen molar-refractivity contribution in [2.24, 2.45) is 0 Å². The highest BCUT2D eigenvalue weighted by atomic mass is 35.5. The van der Waals surface area contributed by atoms with E-state index in [1.54, 1.807) is 11.6 Å². The Bertz CT molecular complexity index is 1140. The summed E-state index contributed by atoms with van der Waals surface area (Å²) in [5, 5.41) is 4.72. The molecule has 0 aliphatic heterocycles. The number of carbonyl (C=O) groups is 1. The first-order valence-corrected chi connectivity index (χ1v) is 9.08. The van der Waals surface area contributed by atoms with Gasteiger partial charge >= 0.3 is 6.18 Å². The summed E-state index contributed by atoms with van der Waals surface area (Å²) in [6.45, 7) is 0.118. The average Bonchev–Trinajstić information content (AvgIpc) is 3.40. The van der Waals surface area contributed by atoms with Crippen LogP contribution in [0.5, 0.6) is 0 Å². The first-order valence-electron chi connectivity index (χ1n) is 7.82. The number of hydrogen-bond acceptors (Lipinski definition) is 5. The van der Waals surface area contributed by atoms with Crippen LogP contribution in [0.3, 0.4) is 0 Å². The van der Waals surface area contributed by atoms with E-state index in [-0.39, 0.29) is 23.0 Å². The molecule has 4 heterocycles. The van der Waals surface area contributed by atoms with Crippen molar-refractivity contribution in [2.45, 2.75) is 12.7 Å². The van der Waals surface area contributed by atoms with E-state index < -0.39 is 23.3 Å². The Morgan fingerprint density at radius 1 is 1.36 bits per heavy atom. The zero-order valence-electron chi connectivity index (χ0n) is 13.8. The van der Waals surface area contributed by atoms with E-state index in [2.05, 4.69) is 15.3 Å². The topological polar surface area (TPSA) is 72.4 Å². The van der Waals surface area contributed by atoms with Gasteiger partial charge in [-0.2, -0.15) is 13.2 Å². The Kier molecular flexibility index (Phi) is 4.60. The highest BCUT2D eigenvalue weighted by Gasteiger charge is 2.36. The fraction of sp³-hybridized carbons (Fsp3) is 0.118. The third-order valence-corrected chi connectivity index (χ3v) is 5.06. The lowest BCUT2D eigenvalue weighted by Gasteiger charge is -2.10. The molecule has 1 N–H and O–H groups in total. The largest absolute Gasteiger partial charge is 0.472 e. The van der Waals surface area contributed by atoms with Gasteiger partial charge in [0.15, 0.2) is 11.3 Å². The molecule has 0 unspecified atom stereocenters. The van der Waals surface area contributed by atoms with E-state index in [1.165, 1.54) is 36.1 Å². The van der Waals surface area contributed by atoms with Gasteiger partial charge in [0.2, 0.25) is 0 Å². The van der Waals surface area contributed by atoms with Crippen LogP contribution < -0.4 is 5.32 Å². The van der Waals surface area contributed by atoms with Crippen molar-refractivity contribution in [2.75, 3.05) is 0 Å².